The molecule has 0 aliphatic carbocycles. The number of aliphatic hydroxyl groups is 2. The maximum Gasteiger partial charge on any atom is 0.469 e. The minimum Gasteiger partial charge on any atom is -0.387 e. The van der Waals surface area contributed by atoms with E-state index in [0.717, 1.165) is 5.01 Å². The normalized spacial score (nSPS) is 34.2. The average molecular weight is 327 g/mol. The molecule has 0 aromatic carbocycles. The second kappa shape index (κ2) is 5.94. The van der Waals surface area contributed by atoms with E-state index in [1.165, 1.54) is 0 Å². The number of hydrazine groups is 1. The molecule has 0 radical (unpaired) electrons. The van der Waals surface area contributed by atoms with Crippen molar-refractivity contribution in [3.05, 3.63) is 0 Å². The van der Waals surface area contributed by atoms with Gasteiger partial charge in [-0.05, 0) is 0 Å². The molecule has 2 rings (SSSR count). The average Bonchev–Trinajstić information content (AvgIpc) is 2.64. The van der Waals surface area contributed by atoms with Gasteiger partial charge in [0.25, 0.3) is 0 Å². The smallest absolute Gasteiger partial charge is 0.387 e. The standard InChI is InChI=1S/C8H14N3O9P/c12-4-1-9-11(8(15)10-4)7-6(14)5(13)3(20-7)2-19-21(16,17)18/h3,5-7,9,13-14H,1-2H2,(H,10,12,15)(H2,16,17,18)/t3-,5-,6-,7-/m1/s1. The van der Waals surface area contributed by atoms with Gasteiger partial charge < -0.3 is 24.7 Å². The number of phosphoric acid groups is 1. The van der Waals surface area contributed by atoms with E-state index in [0.29, 0.717) is 0 Å². The lowest BCUT2D eigenvalue weighted by atomic mass is 10.1. The van der Waals surface area contributed by atoms with Crippen molar-refractivity contribution in [2.45, 2.75) is 24.5 Å². The predicted octanol–water partition coefficient (Wildman–Crippen LogP) is -3.40. The monoisotopic (exact) mass is 327 g/mol. The first-order valence-electron chi connectivity index (χ1n) is 5.77. The molecule has 0 spiro atoms. The summed E-state index contributed by atoms with van der Waals surface area (Å²) in [6.45, 7) is -0.925. The minimum absolute atomic E-state index is 0.238. The zero-order valence-corrected chi connectivity index (χ0v) is 11.3. The number of ether oxygens (including phenoxy) is 1. The summed E-state index contributed by atoms with van der Waals surface area (Å²) in [6.07, 6.45) is -5.70. The van der Waals surface area contributed by atoms with Gasteiger partial charge in [0, 0.05) is 0 Å². The van der Waals surface area contributed by atoms with Crippen LogP contribution in [0.3, 0.4) is 0 Å². The van der Waals surface area contributed by atoms with Crippen molar-refractivity contribution < 1.29 is 43.4 Å². The zero-order chi connectivity index (χ0) is 15.8. The fourth-order valence-corrected chi connectivity index (χ4v) is 2.25. The van der Waals surface area contributed by atoms with Gasteiger partial charge in [-0.25, -0.2) is 19.8 Å². The van der Waals surface area contributed by atoms with Crippen LogP contribution in [-0.4, -0.2) is 74.6 Å². The van der Waals surface area contributed by atoms with E-state index in [9.17, 15) is 24.4 Å². The molecule has 0 aromatic heterocycles. The lowest BCUT2D eigenvalue weighted by Crippen LogP contribution is -2.64. The number of urea groups is 1. The molecule has 2 heterocycles. The summed E-state index contributed by atoms with van der Waals surface area (Å²) in [5.74, 6) is -0.578. The van der Waals surface area contributed by atoms with Crippen molar-refractivity contribution in [1.29, 1.82) is 0 Å². The lowest BCUT2D eigenvalue weighted by Gasteiger charge is -2.33. The third-order valence-corrected chi connectivity index (χ3v) is 3.36. The second-order valence-electron chi connectivity index (χ2n) is 4.39. The van der Waals surface area contributed by atoms with E-state index in [2.05, 4.69) is 9.95 Å². The highest BCUT2D eigenvalue weighted by molar-refractivity contribution is 7.46. The number of hydrogen-bond donors (Lipinski definition) is 6. The summed E-state index contributed by atoms with van der Waals surface area (Å²) in [5.41, 5.74) is 2.39. The second-order valence-corrected chi connectivity index (χ2v) is 5.63. The zero-order valence-electron chi connectivity index (χ0n) is 10.4. The molecule has 13 heteroatoms. The van der Waals surface area contributed by atoms with Crippen LogP contribution in [0.25, 0.3) is 0 Å². The Labute approximate surface area is 117 Å². The Kier molecular flexibility index (Phi) is 4.60. The summed E-state index contributed by atoms with van der Waals surface area (Å²) >= 11 is 0. The van der Waals surface area contributed by atoms with Crippen molar-refractivity contribution in [3.63, 3.8) is 0 Å². The number of nitrogens with one attached hydrogen (secondary N) is 2. The Bertz CT molecular complexity index is 482. The molecular weight excluding hydrogens is 313 g/mol. The van der Waals surface area contributed by atoms with Crippen LogP contribution in [-0.2, 0) is 18.6 Å². The third-order valence-electron chi connectivity index (χ3n) is 2.87. The fourth-order valence-electron chi connectivity index (χ4n) is 1.91. The van der Waals surface area contributed by atoms with Crippen molar-refractivity contribution in [3.8, 4) is 0 Å². The maximum atomic E-state index is 11.6. The quantitative estimate of drug-likeness (QED) is 0.285. The molecule has 0 saturated carbocycles. The summed E-state index contributed by atoms with van der Waals surface area (Å²) in [7, 11) is -4.76. The Morgan fingerprint density at radius 2 is 2.00 bits per heavy atom. The number of aliphatic hydroxyl groups excluding tert-OH is 2. The number of carbonyl (C=O) groups is 2. The Hall–Kier alpha value is -1.11. The van der Waals surface area contributed by atoms with Crippen LogP contribution < -0.4 is 10.7 Å². The van der Waals surface area contributed by atoms with Crippen LogP contribution in [0, 0.1) is 0 Å². The third kappa shape index (κ3) is 3.75. The molecular formula is C8H14N3O9P. The van der Waals surface area contributed by atoms with Crippen molar-refractivity contribution in [2.75, 3.05) is 13.2 Å². The highest BCUT2D eigenvalue weighted by Gasteiger charge is 2.48. The molecule has 21 heavy (non-hydrogen) atoms. The molecule has 2 fully saturated rings. The molecule has 0 aromatic rings. The van der Waals surface area contributed by atoms with E-state index < -0.39 is 50.9 Å². The summed E-state index contributed by atoms with van der Waals surface area (Å²) in [6, 6.07) is -0.890. The van der Waals surface area contributed by atoms with Crippen LogP contribution >= 0.6 is 7.82 Å². The van der Waals surface area contributed by atoms with Gasteiger partial charge in [0.05, 0.1) is 13.2 Å². The van der Waals surface area contributed by atoms with Gasteiger partial charge >= 0.3 is 13.9 Å². The first-order valence-corrected chi connectivity index (χ1v) is 7.30. The summed E-state index contributed by atoms with van der Waals surface area (Å²) in [4.78, 5) is 39.7. The SMILES string of the molecule is O=C1CNN([C@@H]2O[C@H](COP(=O)(O)O)[C@@H](O)[C@H]2O)C(=O)N1. The molecule has 4 atom stereocenters. The number of nitrogens with zero attached hydrogens (tertiary/aromatic N) is 1. The Balaban J connectivity index is 2.01. The molecule has 2 aliphatic heterocycles. The Morgan fingerprint density at radius 3 is 2.57 bits per heavy atom. The molecule has 0 bridgehead atoms. The van der Waals surface area contributed by atoms with Crippen LogP contribution in [0.15, 0.2) is 0 Å². The first kappa shape index (κ1) is 16.3. The van der Waals surface area contributed by atoms with E-state index in [-0.39, 0.29) is 6.54 Å². The first-order chi connectivity index (χ1) is 9.69. The van der Waals surface area contributed by atoms with E-state index in [1.54, 1.807) is 0 Å². The van der Waals surface area contributed by atoms with Gasteiger partial charge in [-0.1, -0.05) is 0 Å². The maximum absolute atomic E-state index is 11.6. The van der Waals surface area contributed by atoms with Gasteiger partial charge in [0.2, 0.25) is 5.91 Å². The molecule has 2 saturated heterocycles. The molecule has 120 valence electrons. The Morgan fingerprint density at radius 1 is 1.33 bits per heavy atom. The number of phosphoric ester groups is 1. The molecule has 12 nitrogen and oxygen atoms in total. The van der Waals surface area contributed by atoms with E-state index >= 15 is 0 Å². The topological polar surface area (TPSA) is 178 Å². The molecule has 2 aliphatic rings. The largest absolute Gasteiger partial charge is 0.469 e. The number of rotatable bonds is 4. The van der Waals surface area contributed by atoms with Gasteiger partial charge in [0.15, 0.2) is 6.23 Å². The van der Waals surface area contributed by atoms with Crippen LogP contribution in [0.2, 0.25) is 0 Å². The van der Waals surface area contributed by atoms with Gasteiger partial charge in [-0.3, -0.25) is 14.6 Å². The minimum atomic E-state index is -4.76. The highest BCUT2D eigenvalue weighted by Crippen LogP contribution is 2.37. The number of hydrogen-bond acceptors (Lipinski definition) is 8. The predicted molar refractivity (Wildman–Crippen MR) is 62.1 cm³/mol. The van der Waals surface area contributed by atoms with Crippen molar-refractivity contribution in [2.24, 2.45) is 0 Å². The molecule has 0 unspecified atom stereocenters. The number of carbonyl (C=O) groups excluding carboxylic acids is 2. The lowest BCUT2D eigenvalue weighted by molar-refractivity contribution is -0.129. The number of imide groups is 1. The molecule has 3 amide bonds. The van der Waals surface area contributed by atoms with E-state index in [4.69, 9.17) is 14.5 Å². The van der Waals surface area contributed by atoms with Crippen LogP contribution in [0.5, 0.6) is 0 Å². The molecule has 6 N–H and O–H groups in total. The van der Waals surface area contributed by atoms with E-state index in [1.807, 2.05) is 5.32 Å². The van der Waals surface area contributed by atoms with Crippen LogP contribution in [0.4, 0.5) is 4.79 Å². The fraction of sp³-hybridized carbons (Fsp3) is 0.750. The van der Waals surface area contributed by atoms with Crippen LogP contribution in [0.1, 0.15) is 0 Å². The summed E-state index contributed by atoms with van der Waals surface area (Å²) in [5, 5.41) is 22.3. The van der Waals surface area contributed by atoms with Crippen molar-refractivity contribution in [1.82, 2.24) is 15.8 Å². The van der Waals surface area contributed by atoms with Gasteiger partial charge in [-0.15, -0.1) is 0 Å². The van der Waals surface area contributed by atoms with Gasteiger partial charge in [-0.2, -0.15) is 0 Å². The van der Waals surface area contributed by atoms with Gasteiger partial charge in [0.1, 0.15) is 18.3 Å². The highest BCUT2D eigenvalue weighted by atomic mass is 31.2. The number of amides is 3. The summed E-state index contributed by atoms with van der Waals surface area (Å²) < 4.78 is 19.9. The van der Waals surface area contributed by atoms with Crippen molar-refractivity contribution >= 4 is 19.8 Å².